The molecule has 0 bridgehead atoms. The lowest BCUT2D eigenvalue weighted by Gasteiger charge is -2.22. The molecule has 35 heavy (non-hydrogen) atoms. The standard InChI is InChI=1S/C26H29N7O2/c1-33(14-5-3-2-4-7-22(27)34)26(35)23(24-29-11-6-12-30-24)25-31-17-21(32-25)19-9-8-18-10-13-28-16-20(18)15-19/h6,8-13,15-17,23H,2-5,7,14H2,1H3,(H2,27,34)(H,31,32)/t23-/m1/s1. The number of H-pyrrole nitrogens is 1. The van der Waals surface area contributed by atoms with Crippen LogP contribution in [-0.4, -0.2) is 55.2 Å². The van der Waals surface area contributed by atoms with Crippen LogP contribution in [0.3, 0.4) is 0 Å². The first kappa shape index (κ1) is 24.0. The zero-order valence-corrected chi connectivity index (χ0v) is 19.7. The highest BCUT2D eigenvalue weighted by Gasteiger charge is 2.30. The molecule has 3 heterocycles. The van der Waals surface area contributed by atoms with Gasteiger partial charge in [-0.2, -0.15) is 0 Å². The molecule has 0 fully saturated rings. The number of carbonyl (C=O) groups excluding carboxylic acids is 2. The average molecular weight is 472 g/mol. The molecule has 180 valence electrons. The maximum Gasteiger partial charge on any atom is 0.240 e. The summed E-state index contributed by atoms with van der Waals surface area (Å²) in [5.41, 5.74) is 6.94. The Morgan fingerprint density at radius 3 is 2.57 bits per heavy atom. The number of hydrogen-bond acceptors (Lipinski definition) is 6. The van der Waals surface area contributed by atoms with Crippen LogP contribution in [0.5, 0.6) is 0 Å². The first-order valence-electron chi connectivity index (χ1n) is 11.7. The van der Waals surface area contributed by atoms with Gasteiger partial charge in [0.25, 0.3) is 0 Å². The summed E-state index contributed by atoms with van der Waals surface area (Å²) in [6, 6.07) is 9.77. The minimum absolute atomic E-state index is 0.128. The van der Waals surface area contributed by atoms with E-state index in [1.165, 1.54) is 0 Å². The fraction of sp³-hybridized carbons (Fsp3) is 0.308. The van der Waals surface area contributed by atoms with E-state index in [0.717, 1.165) is 47.7 Å². The summed E-state index contributed by atoms with van der Waals surface area (Å²) < 4.78 is 0. The number of rotatable bonds is 11. The number of benzene rings is 1. The third kappa shape index (κ3) is 6.06. The van der Waals surface area contributed by atoms with Crippen LogP contribution in [0.15, 0.2) is 61.3 Å². The van der Waals surface area contributed by atoms with Gasteiger partial charge >= 0.3 is 0 Å². The number of fused-ring (bicyclic) bond motifs is 1. The van der Waals surface area contributed by atoms with Crippen molar-refractivity contribution in [3.63, 3.8) is 0 Å². The molecule has 0 saturated carbocycles. The molecule has 0 aliphatic heterocycles. The number of pyridine rings is 1. The van der Waals surface area contributed by atoms with E-state index in [1.807, 2.05) is 30.5 Å². The normalized spacial score (nSPS) is 11.9. The number of imidazole rings is 1. The van der Waals surface area contributed by atoms with Crippen molar-refractivity contribution in [2.24, 2.45) is 5.73 Å². The second-order valence-corrected chi connectivity index (χ2v) is 8.55. The lowest BCUT2D eigenvalue weighted by atomic mass is 10.1. The maximum atomic E-state index is 13.5. The van der Waals surface area contributed by atoms with Crippen LogP contribution in [-0.2, 0) is 9.59 Å². The van der Waals surface area contributed by atoms with E-state index in [9.17, 15) is 9.59 Å². The van der Waals surface area contributed by atoms with Gasteiger partial charge in [-0.25, -0.2) is 15.0 Å². The summed E-state index contributed by atoms with van der Waals surface area (Å²) in [5, 5.41) is 2.13. The van der Waals surface area contributed by atoms with Crippen LogP contribution < -0.4 is 5.73 Å². The van der Waals surface area contributed by atoms with Crippen molar-refractivity contribution < 1.29 is 9.59 Å². The molecule has 0 aliphatic rings. The van der Waals surface area contributed by atoms with Gasteiger partial charge < -0.3 is 15.6 Å². The molecule has 0 unspecified atom stereocenters. The summed E-state index contributed by atoms with van der Waals surface area (Å²) in [5.74, 6) is -0.254. The minimum atomic E-state index is -0.744. The van der Waals surface area contributed by atoms with Crippen molar-refractivity contribution in [2.45, 2.75) is 38.0 Å². The first-order valence-corrected chi connectivity index (χ1v) is 11.7. The molecule has 1 atom stereocenters. The van der Waals surface area contributed by atoms with Crippen LogP contribution in [0, 0.1) is 0 Å². The number of unbranched alkanes of at least 4 members (excludes halogenated alkanes) is 3. The molecule has 0 spiro atoms. The Balaban J connectivity index is 1.51. The number of nitrogens with zero attached hydrogens (tertiary/aromatic N) is 5. The molecule has 0 saturated heterocycles. The van der Waals surface area contributed by atoms with Gasteiger partial charge in [-0.3, -0.25) is 14.6 Å². The average Bonchev–Trinajstić information content (AvgIpc) is 3.36. The second kappa shape index (κ2) is 11.3. The molecule has 3 aromatic heterocycles. The second-order valence-electron chi connectivity index (χ2n) is 8.55. The van der Waals surface area contributed by atoms with E-state index >= 15 is 0 Å². The van der Waals surface area contributed by atoms with Gasteiger partial charge in [0.1, 0.15) is 11.6 Å². The number of hydrogen-bond donors (Lipinski definition) is 2. The molecular formula is C26H29N7O2. The highest BCUT2D eigenvalue weighted by Crippen LogP contribution is 2.27. The largest absolute Gasteiger partial charge is 0.370 e. The lowest BCUT2D eigenvalue weighted by molar-refractivity contribution is -0.131. The topological polar surface area (TPSA) is 131 Å². The Morgan fingerprint density at radius 1 is 0.971 bits per heavy atom. The van der Waals surface area contributed by atoms with E-state index in [0.29, 0.717) is 24.6 Å². The van der Waals surface area contributed by atoms with Gasteiger partial charge in [0.15, 0.2) is 5.92 Å². The van der Waals surface area contributed by atoms with Crippen LogP contribution in [0.25, 0.3) is 22.0 Å². The third-order valence-corrected chi connectivity index (χ3v) is 5.95. The molecule has 2 amide bonds. The maximum absolute atomic E-state index is 13.5. The minimum Gasteiger partial charge on any atom is -0.370 e. The van der Waals surface area contributed by atoms with Crippen molar-refractivity contribution in [3.05, 3.63) is 73.0 Å². The molecule has 0 aliphatic carbocycles. The smallest absolute Gasteiger partial charge is 0.240 e. The van der Waals surface area contributed by atoms with E-state index in [4.69, 9.17) is 5.73 Å². The van der Waals surface area contributed by atoms with Gasteiger partial charge in [0.2, 0.25) is 11.8 Å². The predicted molar refractivity (Wildman–Crippen MR) is 133 cm³/mol. The van der Waals surface area contributed by atoms with E-state index in [1.54, 1.807) is 42.8 Å². The number of primary amides is 1. The Bertz CT molecular complexity index is 1290. The first-order chi connectivity index (χ1) is 17.0. The molecule has 1 aromatic carbocycles. The Kier molecular flexibility index (Phi) is 7.77. The number of amides is 2. The number of carbonyl (C=O) groups is 2. The molecular weight excluding hydrogens is 442 g/mol. The Morgan fingerprint density at radius 2 is 1.77 bits per heavy atom. The van der Waals surface area contributed by atoms with Gasteiger partial charge in [0.05, 0.1) is 11.9 Å². The van der Waals surface area contributed by atoms with Crippen molar-refractivity contribution in [2.75, 3.05) is 13.6 Å². The van der Waals surface area contributed by atoms with Gasteiger partial charge in [-0.1, -0.05) is 25.0 Å². The zero-order chi connectivity index (χ0) is 24.6. The van der Waals surface area contributed by atoms with Gasteiger partial charge in [-0.05, 0) is 36.4 Å². The number of aromatic nitrogens is 5. The fourth-order valence-corrected chi connectivity index (χ4v) is 4.02. The SMILES string of the molecule is CN(CCCCCCC(N)=O)C(=O)[C@H](c1ncccn1)c1ncc(-c2ccc3ccncc3c2)[nH]1. The van der Waals surface area contributed by atoms with Crippen LogP contribution in [0.4, 0.5) is 0 Å². The summed E-state index contributed by atoms with van der Waals surface area (Å²) in [4.78, 5) is 46.8. The fourth-order valence-electron chi connectivity index (χ4n) is 4.02. The molecule has 3 N–H and O–H groups in total. The van der Waals surface area contributed by atoms with E-state index in [-0.39, 0.29) is 11.8 Å². The van der Waals surface area contributed by atoms with Crippen molar-refractivity contribution in [3.8, 4) is 11.3 Å². The number of nitrogens with two attached hydrogens (primary N) is 1. The monoisotopic (exact) mass is 471 g/mol. The van der Waals surface area contributed by atoms with Crippen LogP contribution in [0.2, 0.25) is 0 Å². The summed E-state index contributed by atoms with van der Waals surface area (Å²) in [6.45, 7) is 0.587. The van der Waals surface area contributed by atoms with Gasteiger partial charge in [-0.15, -0.1) is 0 Å². The lowest BCUT2D eigenvalue weighted by Crippen LogP contribution is -2.34. The number of aromatic amines is 1. The molecule has 9 nitrogen and oxygen atoms in total. The van der Waals surface area contributed by atoms with E-state index < -0.39 is 5.92 Å². The highest BCUT2D eigenvalue weighted by atomic mass is 16.2. The summed E-state index contributed by atoms with van der Waals surface area (Å²) in [7, 11) is 1.78. The van der Waals surface area contributed by atoms with Crippen molar-refractivity contribution in [1.82, 2.24) is 29.8 Å². The molecule has 4 aromatic rings. The molecule has 9 heteroatoms. The number of likely N-dealkylation sites (N-methyl/N-ethyl adjacent to an activating group) is 1. The summed E-state index contributed by atoms with van der Waals surface area (Å²) >= 11 is 0. The van der Waals surface area contributed by atoms with Crippen LogP contribution in [0.1, 0.15) is 49.7 Å². The predicted octanol–water partition coefficient (Wildman–Crippen LogP) is 3.44. The number of nitrogens with one attached hydrogen (secondary N) is 1. The van der Waals surface area contributed by atoms with Crippen LogP contribution >= 0.6 is 0 Å². The van der Waals surface area contributed by atoms with Gasteiger partial charge in [0, 0.05) is 55.8 Å². The van der Waals surface area contributed by atoms with Crippen molar-refractivity contribution in [1.29, 1.82) is 0 Å². The van der Waals surface area contributed by atoms with Crippen molar-refractivity contribution >= 4 is 22.6 Å². The van der Waals surface area contributed by atoms with E-state index in [2.05, 4.69) is 24.9 Å². The molecule has 0 radical (unpaired) electrons. The Hall–Kier alpha value is -4.14. The highest BCUT2D eigenvalue weighted by molar-refractivity contribution is 5.87. The Labute approximate surface area is 203 Å². The zero-order valence-electron chi connectivity index (χ0n) is 19.7. The molecule has 4 rings (SSSR count). The summed E-state index contributed by atoms with van der Waals surface area (Å²) in [6.07, 6.45) is 12.4. The third-order valence-electron chi connectivity index (χ3n) is 5.95. The quantitative estimate of drug-likeness (QED) is 0.322.